The van der Waals surface area contributed by atoms with E-state index in [1.165, 1.54) is 122 Å². The van der Waals surface area contributed by atoms with E-state index in [0.29, 0.717) is 12.8 Å². The van der Waals surface area contributed by atoms with Crippen LogP contribution >= 0.6 is 0 Å². The molecule has 0 unspecified atom stereocenters. The molecule has 0 rings (SSSR count). The van der Waals surface area contributed by atoms with Gasteiger partial charge in [-0.05, 0) is 38.5 Å². The third-order valence-electron chi connectivity index (χ3n) is 7.19. The summed E-state index contributed by atoms with van der Waals surface area (Å²) in [5.41, 5.74) is 0. The van der Waals surface area contributed by atoms with Gasteiger partial charge < -0.3 is 0 Å². The van der Waals surface area contributed by atoms with Crippen molar-refractivity contribution in [2.45, 2.75) is 173 Å². The maximum absolute atomic E-state index is 12.1. The molecule has 0 heterocycles. The monoisotopic (exact) mass is 488 g/mol. The average molecular weight is 489 g/mol. The third-order valence-corrected chi connectivity index (χ3v) is 7.19. The second kappa shape index (κ2) is 29.1. The second-order valence-electron chi connectivity index (χ2n) is 10.6. The van der Waals surface area contributed by atoms with Crippen molar-refractivity contribution < 1.29 is 9.59 Å². The van der Waals surface area contributed by atoms with Gasteiger partial charge in [0, 0.05) is 12.8 Å². The molecule has 0 spiro atoms. The van der Waals surface area contributed by atoms with Gasteiger partial charge in [-0.3, -0.25) is 9.59 Å². The first-order chi connectivity index (χ1) is 17.2. The van der Waals surface area contributed by atoms with E-state index in [9.17, 15) is 9.59 Å². The van der Waals surface area contributed by atoms with Crippen molar-refractivity contribution in [3.8, 4) is 0 Å². The number of ketones is 2. The van der Waals surface area contributed by atoms with Crippen LogP contribution in [-0.2, 0) is 9.59 Å². The molecule has 0 radical (unpaired) electrons. The van der Waals surface area contributed by atoms with Gasteiger partial charge in [0.1, 0.15) is 0 Å². The van der Waals surface area contributed by atoms with Gasteiger partial charge in [0.15, 0.2) is 11.6 Å². The minimum atomic E-state index is -0.119. The largest absolute Gasteiger partial charge is 0.291 e. The zero-order chi connectivity index (χ0) is 25.7. The lowest BCUT2D eigenvalue weighted by molar-refractivity contribution is -0.136. The average Bonchev–Trinajstić information content (AvgIpc) is 2.86. The smallest absolute Gasteiger partial charge is 0.198 e. The molecule has 0 aliphatic carbocycles. The fourth-order valence-electron chi connectivity index (χ4n) is 4.79. The highest BCUT2D eigenvalue weighted by atomic mass is 16.2. The van der Waals surface area contributed by atoms with E-state index in [0.717, 1.165) is 38.5 Å². The van der Waals surface area contributed by atoms with Gasteiger partial charge in [0.25, 0.3) is 0 Å². The van der Waals surface area contributed by atoms with Crippen LogP contribution in [0.25, 0.3) is 0 Å². The van der Waals surface area contributed by atoms with Crippen molar-refractivity contribution in [3.05, 3.63) is 25.3 Å². The van der Waals surface area contributed by atoms with Crippen LogP contribution in [0.2, 0.25) is 0 Å². The van der Waals surface area contributed by atoms with Crippen LogP contribution in [-0.4, -0.2) is 11.6 Å². The first-order valence-corrected chi connectivity index (χ1v) is 15.5. The van der Waals surface area contributed by atoms with Gasteiger partial charge >= 0.3 is 0 Å². The Bertz CT molecular complexity index is 493. The number of hydrogen-bond donors (Lipinski definition) is 0. The van der Waals surface area contributed by atoms with Gasteiger partial charge in [0.05, 0.1) is 0 Å². The Hall–Kier alpha value is -1.18. The van der Waals surface area contributed by atoms with Crippen LogP contribution in [0.15, 0.2) is 25.3 Å². The molecular formula is C33H60O2. The van der Waals surface area contributed by atoms with Crippen molar-refractivity contribution in [3.63, 3.8) is 0 Å². The normalized spacial score (nSPS) is 11.0. The standard InChI is InChI=1S/C33H60O2/c1-3-5-7-9-11-13-15-17-19-21-23-25-27-29-31-33(35)32(34)30-28-26-24-22-20-18-16-14-12-10-8-6-4-2/h3-4H,1-2,5-31H2. The van der Waals surface area contributed by atoms with Gasteiger partial charge in [-0.25, -0.2) is 0 Å². The fourth-order valence-corrected chi connectivity index (χ4v) is 4.79. The fraction of sp³-hybridized carbons (Fsp3) is 0.818. The van der Waals surface area contributed by atoms with Gasteiger partial charge in [-0.1, -0.05) is 134 Å². The van der Waals surface area contributed by atoms with Crippen LogP contribution in [0.5, 0.6) is 0 Å². The summed E-state index contributed by atoms with van der Waals surface area (Å²) in [5.74, 6) is -0.239. The zero-order valence-electron chi connectivity index (χ0n) is 23.5. The quantitative estimate of drug-likeness (QED) is 0.0572. The van der Waals surface area contributed by atoms with Gasteiger partial charge in [-0.2, -0.15) is 0 Å². The first-order valence-electron chi connectivity index (χ1n) is 15.5. The number of Topliss-reactive ketones (excluding diaryl/α,β-unsaturated/α-hetero) is 2. The molecule has 0 saturated heterocycles. The van der Waals surface area contributed by atoms with Crippen LogP contribution in [0.4, 0.5) is 0 Å². The molecule has 2 nitrogen and oxygen atoms in total. The third kappa shape index (κ3) is 27.3. The van der Waals surface area contributed by atoms with E-state index in [2.05, 4.69) is 13.2 Å². The topological polar surface area (TPSA) is 34.1 Å². The van der Waals surface area contributed by atoms with Crippen LogP contribution in [0.1, 0.15) is 173 Å². The highest BCUT2D eigenvalue weighted by molar-refractivity contribution is 6.37. The number of unbranched alkanes of at least 4 members (excludes halogenated alkanes) is 23. The van der Waals surface area contributed by atoms with Crippen molar-refractivity contribution in [1.82, 2.24) is 0 Å². The summed E-state index contributed by atoms with van der Waals surface area (Å²) in [4.78, 5) is 24.1. The maximum Gasteiger partial charge on any atom is 0.198 e. The minimum absolute atomic E-state index is 0.119. The summed E-state index contributed by atoms with van der Waals surface area (Å²) < 4.78 is 0. The summed E-state index contributed by atoms with van der Waals surface area (Å²) in [6, 6.07) is 0. The summed E-state index contributed by atoms with van der Waals surface area (Å²) in [6.45, 7) is 7.54. The van der Waals surface area contributed by atoms with Crippen molar-refractivity contribution >= 4 is 11.6 Å². The molecule has 0 aliphatic heterocycles. The summed E-state index contributed by atoms with van der Waals surface area (Å²) in [6.07, 6.45) is 36.4. The molecular weight excluding hydrogens is 428 g/mol. The van der Waals surface area contributed by atoms with E-state index < -0.39 is 0 Å². The number of hydrogen-bond acceptors (Lipinski definition) is 2. The molecule has 35 heavy (non-hydrogen) atoms. The van der Waals surface area contributed by atoms with E-state index in [4.69, 9.17) is 0 Å². The molecule has 0 N–H and O–H groups in total. The summed E-state index contributed by atoms with van der Waals surface area (Å²) in [7, 11) is 0. The second-order valence-corrected chi connectivity index (χ2v) is 10.6. The lowest BCUT2D eigenvalue weighted by atomic mass is 10.0. The molecule has 0 fully saturated rings. The Kier molecular flexibility index (Phi) is 28.1. The number of carbonyl (C=O) groups excluding carboxylic acids is 2. The minimum Gasteiger partial charge on any atom is -0.291 e. The van der Waals surface area contributed by atoms with E-state index in [1.807, 2.05) is 12.2 Å². The molecule has 0 aliphatic rings. The predicted molar refractivity (Wildman–Crippen MR) is 155 cm³/mol. The zero-order valence-corrected chi connectivity index (χ0v) is 23.5. The van der Waals surface area contributed by atoms with Crippen molar-refractivity contribution in [1.29, 1.82) is 0 Å². The number of allylic oxidation sites excluding steroid dienone is 2. The number of carbonyl (C=O) groups is 2. The van der Waals surface area contributed by atoms with Crippen LogP contribution in [0, 0.1) is 0 Å². The van der Waals surface area contributed by atoms with Crippen molar-refractivity contribution in [2.24, 2.45) is 0 Å². The van der Waals surface area contributed by atoms with E-state index >= 15 is 0 Å². The van der Waals surface area contributed by atoms with Gasteiger partial charge in [0.2, 0.25) is 0 Å². The van der Waals surface area contributed by atoms with Crippen molar-refractivity contribution in [2.75, 3.05) is 0 Å². The molecule has 0 amide bonds. The highest BCUT2D eigenvalue weighted by Crippen LogP contribution is 2.15. The highest BCUT2D eigenvalue weighted by Gasteiger charge is 2.12. The molecule has 0 saturated carbocycles. The lowest BCUT2D eigenvalue weighted by Crippen LogP contribution is -2.13. The van der Waals surface area contributed by atoms with Crippen LogP contribution < -0.4 is 0 Å². The molecule has 0 aromatic rings. The summed E-state index contributed by atoms with van der Waals surface area (Å²) in [5, 5.41) is 0. The first kappa shape index (κ1) is 33.8. The maximum atomic E-state index is 12.1. The Labute approximate surface area is 219 Å². The van der Waals surface area contributed by atoms with Crippen LogP contribution in [0.3, 0.4) is 0 Å². The predicted octanol–water partition coefficient (Wildman–Crippen LogP) is 11.0. The summed E-state index contributed by atoms with van der Waals surface area (Å²) >= 11 is 0. The Balaban J connectivity index is 3.30. The molecule has 2 heteroatoms. The lowest BCUT2D eigenvalue weighted by Gasteiger charge is -2.04. The van der Waals surface area contributed by atoms with Gasteiger partial charge in [-0.15, -0.1) is 13.2 Å². The molecule has 0 aromatic carbocycles. The number of rotatable bonds is 30. The van der Waals surface area contributed by atoms with E-state index in [-0.39, 0.29) is 11.6 Å². The SMILES string of the molecule is C=CCCCCCCCCCCCCCCC(=O)C(=O)CCCCCCCCCCCCCC=C. The molecule has 0 aromatic heterocycles. The molecule has 0 bridgehead atoms. The molecule has 0 atom stereocenters. The molecule has 204 valence electrons. The Morgan fingerprint density at radius 2 is 0.543 bits per heavy atom. The van der Waals surface area contributed by atoms with E-state index in [1.54, 1.807) is 0 Å². The Morgan fingerprint density at radius 1 is 0.343 bits per heavy atom. The Morgan fingerprint density at radius 3 is 0.771 bits per heavy atom.